The van der Waals surface area contributed by atoms with E-state index in [1.54, 1.807) is 0 Å². The molecule has 0 aliphatic carbocycles. The molecule has 0 saturated heterocycles. The summed E-state index contributed by atoms with van der Waals surface area (Å²) >= 11 is 1.27. The van der Waals surface area contributed by atoms with Crippen molar-refractivity contribution < 1.29 is 13.9 Å². The van der Waals surface area contributed by atoms with Crippen molar-refractivity contribution in [1.82, 2.24) is 10.2 Å². The van der Waals surface area contributed by atoms with Crippen LogP contribution in [0.5, 0.6) is 0 Å². The van der Waals surface area contributed by atoms with Crippen LogP contribution < -0.4 is 0 Å². The van der Waals surface area contributed by atoms with Crippen LogP contribution in [0.1, 0.15) is 52.5 Å². The summed E-state index contributed by atoms with van der Waals surface area (Å²) in [5, 5.41) is 8.25. The van der Waals surface area contributed by atoms with Crippen LogP contribution in [0, 0.1) is 0 Å². The van der Waals surface area contributed by atoms with E-state index in [-0.39, 0.29) is 16.6 Å². The predicted octanol–water partition coefficient (Wildman–Crippen LogP) is 4.86. The summed E-state index contributed by atoms with van der Waals surface area (Å²) in [6.07, 6.45) is 2.69. The Hall–Kier alpha value is -1.82. The fourth-order valence-corrected chi connectivity index (χ4v) is 3.29. The number of unbranched alkanes of at least 4 members (excludes halogenated alkanes) is 1. The lowest BCUT2D eigenvalue weighted by Gasteiger charge is -2.18. The molecule has 0 bridgehead atoms. The van der Waals surface area contributed by atoms with Gasteiger partial charge in [-0.25, -0.2) is 0 Å². The first-order valence-electron chi connectivity index (χ1n) is 8.54. The van der Waals surface area contributed by atoms with Crippen LogP contribution in [-0.2, 0) is 14.9 Å². The van der Waals surface area contributed by atoms with Crippen molar-refractivity contribution in [2.45, 2.75) is 62.8 Å². The van der Waals surface area contributed by atoms with Crippen LogP contribution >= 0.6 is 11.8 Å². The number of carbonyl (C=O) groups is 1. The molecule has 1 heterocycles. The molecule has 0 amide bonds. The third kappa shape index (κ3) is 5.33. The van der Waals surface area contributed by atoms with Crippen LogP contribution in [0.4, 0.5) is 0 Å². The number of carbonyl (C=O) groups excluding carboxylic acids is 1. The largest absolute Gasteiger partial charge is 0.468 e. The van der Waals surface area contributed by atoms with Gasteiger partial charge in [0.15, 0.2) is 0 Å². The highest BCUT2D eigenvalue weighted by Gasteiger charge is 2.23. The van der Waals surface area contributed by atoms with E-state index >= 15 is 0 Å². The van der Waals surface area contributed by atoms with Gasteiger partial charge in [0.05, 0.1) is 7.11 Å². The summed E-state index contributed by atoms with van der Waals surface area (Å²) in [7, 11) is 1.40. The van der Waals surface area contributed by atoms with E-state index in [4.69, 9.17) is 9.15 Å². The summed E-state index contributed by atoms with van der Waals surface area (Å²) in [4.78, 5) is 11.9. The smallest absolute Gasteiger partial charge is 0.319 e. The Labute approximate surface area is 153 Å². The van der Waals surface area contributed by atoms with Crippen molar-refractivity contribution in [3.8, 4) is 11.5 Å². The standard InChI is InChI=1S/C19H26N2O3S/c1-6-7-8-15(17(22)23-5)25-18-21-20-16(24-18)13-9-11-14(12-10-13)19(2,3)4/h9-12,15H,6-8H2,1-5H3. The summed E-state index contributed by atoms with van der Waals surface area (Å²) in [5.41, 5.74) is 2.22. The number of esters is 1. The van der Waals surface area contributed by atoms with E-state index < -0.39 is 0 Å². The van der Waals surface area contributed by atoms with Crippen molar-refractivity contribution in [3.05, 3.63) is 29.8 Å². The number of aromatic nitrogens is 2. The van der Waals surface area contributed by atoms with Crippen LogP contribution in [0.2, 0.25) is 0 Å². The van der Waals surface area contributed by atoms with Gasteiger partial charge in [0.1, 0.15) is 5.25 Å². The Kier molecular flexibility index (Phi) is 6.64. The minimum atomic E-state index is -0.318. The van der Waals surface area contributed by atoms with Crippen LogP contribution in [0.25, 0.3) is 11.5 Å². The van der Waals surface area contributed by atoms with Crippen molar-refractivity contribution in [1.29, 1.82) is 0 Å². The first-order valence-corrected chi connectivity index (χ1v) is 9.42. The summed E-state index contributed by atoms with van der Waals surface area (Å²) < 4.78 is 10.6. The first-order chi connectivity index (χ1) is 11.8. The monoisotopic (exact) mass is 362 g/mol. The molecule has 5 nitrogen and oxygen atoms in total. The molecule has 136 valence electrons. The van der Waals surface area contributed by atoms with Gasteiger partial charge in [-0.1, -0.05) is 64.4 Å². The Morgan fingerprint density at radius 2 is 1.92 bits per heavy atom. The normalized spacial score (nSPS) is 12.8. The van der Waals surface area contributed by atoms with Gasteiger partial charge in [0, 0.05) is 5.56 Å². The van der Waals surface area contributed by atoms with Crippen molar-refractivity contribution in [3.63, 3.8) is 0 Å². The molecule has 0 aliphatic rings. The maximum atomic E-state index is 11.9. The fourth-order valence-electron chi connectivity index (χ4n) is 2.35. The van der Waals surface area contributed by atoms with Gasteiger partial charge in [0.25, 0.3) is 5.22 Å². The van der Waals surface area contributed by atoms with Gasteiger partial charge in [-0.3, -0.25) is 4.79 Å². The molecule has 2 aromatic rings. The highest BCUT2D eigenvalue weighted by Crippen LogP contribution is 2.30. The van der Waals surface area contributed by atoms with Crippen molar-refractivity contribution >= 4 is 17.7 Å². The zero-order chi connectivity index (χ0) is 18.4. The lowest BCUT2D eigenvalue weighted by Crippen LogP contribution is -2.18. The number of thioether (sulfide) groups is 1. The van der Waals surface area contributed by atoms with Crippen LogP contribution in [0.3, 0.4) is 0 Å². The third-order valence-electron chi connectivity index (χ3n) is 3.93. The van der Waals surface area contributed by atoms with Gasteiger partial charge in [-0.05, 0) is 29.5 Å². The number of rotatable bonds is 7. The summed E-state index contributed by atoms with van der Waals surface area (Å²) in [6.45, 7) is 8.61. The second kappa shape index (κ2) is 8.52. The fraction of sp³-hybridized carbons (Fsp3) is 0.526. The molecule has 0 saturated carbocycles. The number of methoxy groups -OCH3 is 1. The molecule has 2 rings (SSSR count). The molecular formula is C19H26N2O3S. The third-order valence-corrected chi connectivity index (χ3v) is 5.01. The van der Waals surface area contributed by atoms with Gasteiger partial charge < -0.3 is 9.15 Å². The predicted molar refractivity (Wildman–Crippen MR) is 99.6 cm³/mol. The molecule has 1 aromatic heterocycles. The van der Waals surface area contributed by atoms with E-state index in [2.05, 4.69) is 50.0 Å². The van der Waals surface area contributed by atoms with Crippen molar-refractivity contribution in [2.75, 3.05) is 7.11 Å². The lowest BCUT2D eigenvalue weighted by atomic mass is 9.87. The van der Waals surface area contributed by atoms with Gasteiger partial charge in [0.2, 0.25) is 5.89 Å². The second-order valence-electron chi connectivity index (χ2n) is 6.97. The quantitative estimate of drug-likeness (QED) is 0.518. The molecule has 0 aliphatic heterocycles. The number of nitrogens with zero attached hydrogens (tertiary/aromatic N) is 2. The molecule has 25 heavy (non-hydrogen) atoms. The number of ether oxygens (including phenoxy) is 1. The first kappa shape index (κ1) is 19.5. The highest BCUT2D eigenvalue weighted by molar-refractivity contribution is 8.00. The van der Waals surface area contributed by atoms with E-state index in [1.165, 1.54) is 24.4 Å². The van der Waals surface area contributed by atoms with E-state index in [0.29, 0.717) is 11.1 Å². The SMILES string of the molecule is CCCCC(Sc1nnc(-c2ccc(C(C)(C)C)cc2)o1)C(=O)OC. The van der Waals surface area contributed by atoms with E-state index in [0.717, 1.165) is 24.8 Å². The average molecular weight is 362 g/mol. The number of benzene rings is 1. The Bertz CT molecular complexity index is 689. The lowest BCUT2D eigenvalue weighted by molar-refractivity contribution is -0.140. The number of hydrogen-bond donors (Lipinski definition) is 0. The topological polar surface area (TPSA) is 65.2 Å². The molecule has 6 heteroatoms. The maximum absolute atomic E-state index is 11.9. The summed E-state index contributed by atoms with van der Waals surface area (Å²) in [5.74, 6) is 0.204. The molecular weight excluding hydrogens is 336 g/mol. The molecule has 0 N–H and O–H groups in total. The zero-order valence-electron chi connectivity index (χ0n) is 15.5. The summed E-state index contributed by atoms with van der Waals surface area (Å²) in [6, 6.07) is 8.12. The molecule has 0 radical (unpaired) electrons. The molecule has 0 spiro atoms. The zero-order valence-corrected chi connectivity index (χ0v) is 16.4. The Balaban J connectivity index is 2.11. The van der Waals surface area contributed by atoms with E-state index in [9.17, 15) is 4.79 Å². The molecule has 1 unspecified atom stereocenters. The number of hydrogen-bond acceptors (Lipinski definition) is 6. The maximum Gasteiger partial charge on any atom is 0.319 e. The Morgan fingerprint density at radius 3 is 2.48 bits per heavy atom. The van der Waals surface area contributed by atoms with E-state index in [1.807, 2.05) is 12.1 Å². The molecule has 1 aromatic carbocycles. The highest BCUT2D eigenvalue weighted by atomic mass is 32.2. The van der Waals surface area contributed by atoms with Gasteiger partial charge in [-0.15, -0.1) is 10.2 Å². The molecule has 0 fully saturated rings. The Morgan fingerprint density at radius 1 is 1.24 bits per heavy atom. The van der Waals surface area contributed by atoms with Crippen LogP contribution in [0.15, 0.2) is 33.9 Å². The van der Waals surface area contributed by atoms with Crippen LogP contribution in [-0.4, -0.2) is 28.5 Å². The van der Waals surface area contributed by atoms with Crippen molar-refractivity contribution in [2.24, 2.45) is 0 Å². The second-order valence-corrected chi connectivity index (χ2v) is 8.13. The molecule has 1 atom stereocenters. The van der Waals surface area contributed by atoms with Gasteiger partial charge >= 0.3 is 5.97 Å². The minimum Gasteiger partial charge on any atom is -0.468 e. The average Bonchev–Trinajstić information content (AvgIpc) is 3.05. The van der Waals surface area contributed by atoms with Gasteiger partial charge in [-0.2, -0.15) is 0 Å². The minimum absolute atomic E-state index is 0.0986.